The van der Waals surface area contributed by atoms with Crippen LogP contribution in [0.3, 0.4) is 0 Å². The number of carboxylic acid groups (broad SMARTS) is 1. The van der Waals surface area contributed by atoms with Crippen molar-refractivity contribution < 1.29 is 9.90 Å². The number of nitrogens with zero attached hydrogens (tertiary/aromatic N) is 3. The number of rotatable bonds is 2. The minimum absolute atomic E-state index is 0.134. The first kappa shape index (κ1) is 10.8. The second kappa shape index (κ2) is 4.05. The van der Waals surface area contributed by atoms with Gasteiger partial charge in [0.15, 0.2) is 5.82 Å². The smallest absolute Gasteiger partial charge is 0.338 e. The molecule has 0 saturated heterocycles. The van der Waals surface area contributed by atoms with E-state index in [0.717, 1.165) is 10.0 Å². The Bertz CT molecular complexity index is 551. The maximum atomic E-state index is 10.7. The van der Waals surface area contributed by atoms with Gasteiger partial charge in [0.25, 0.3) is 0 Å². The quantitative estimate of drug-likeness (QED) is 0.915. The predicted molar refractivity (Wildman–Crippen MR) is 60.8 cm³/mol. The number of hydrogen-bond acceptors (Lipinski definition) is 3. The van der Waals surface area contributed by atoms with E-state index < -0.39 is 5.97 Å². The Labute approximate surface area is 99.9 Å². The molecule has 0 aliphatic rings. The number of carbonyl (C=O) groups is 1. The lowest BCUT2D eigenvalue weighted by molar-refractivity contribution is 0.0697. The Morgan fingerprint density at radius 1 is 1.56 bits per heavy atom. The van der Waals surface area contributed by atoms with Gasteiger partial charge in [-0.3, -0.25) is 0 Å². The molecule has 0 aromatic carbocycles. The molecular weight excluding hydrogens is 274 g/mol. The summed E-state index contributed by atoms with van der Waals surface area (Å²) in [6, 6.07) is 1.86. The molecule has 6 heteroatoms. The summed E-state index contributed by atoms with van der Waals surface area (Å²) in [5.74, 6) is -0.428. The normalized spacial score (nSPS) is 10.4. The number of hydrogen-bond donors (Lipinski definition) is 1. The van der Waals surface area contributed by atoms with E-state index in [-0.39, 0.29) is 5.56 Å². The first-order valence-electron chi connectivity index (χ1n) is 4.49. The molecule has 0 unspecified atom stereocenters. The van der Waals surface area contributed by atoms with E-state index in [1.807, 2.05) is 13.0 Å². The molecule has 2 heterocycles. The summed E-state index contributed by atoms with van der Waals surface area (Å²) in [6.07, 6.45) is 4.37. The summed E-state index contributed by atoms with van der Waals surface area (Å²) in [5, 5.41) is 12.7. The first-order chi connectivity index (χ1) is 7.59. The summed E-state index contributed by atoms with van der Waals surface area (Å²) in [4.78, 5) is 14.9. The van der Waals surface area contributed by atoms with Gasteiger partial charge in [-0.2, -0.15) is 5.10 Å². The van der Waals surface area contributed by atoms with Crippen LogP contribution < -0.4 is 0 Å². The van der Waals surface area contributed by atoms with Crippen molar-refractivity contribution in [3.63, 3.8) is 0 Å². The van der Waals surface area contributed by atoms with Gasteiger partial charge in [0.2, 0.25) is 0 Å². The van der Waals surface area contributed by atoms with E-state index in [1.165, 1.54) is 17.1 Å². The van der Waals surface area contributed by atoms with Crippen molar-refractivity contribution in [3.05, 3.63) is 40.3 Å². The zero-order valence-electron chi connectivity index (χ0n) is 8.38. The van der Waals surface area contributed by atoms with Crippen molar-refractivity contribution in [2.45, 2.75) is 6.92 Å². The van der Waals surface area contributed by atoms with Crippen LogP contribution in [-0.4, -0.2) is 25.8 Å². The highest BCUT2D eigenvalue weighted by molar-refractivity contribution is 9.10. The van der Waals surface area contributed by atoms with Gasteiger partial charge in [0.1, 0.15) is 0 Å². The van der Waals surface area contributed by atoms with Crippen LogP contribution in [0.2, 0.25) is 0 Å². The second-order valence-corrected chi connectivity index (χ2v) is 4.04. The molecular formula is C10H8BrN3O2. The monoisotopic (exact) mass is 281 g/mol. The van der Waals surface area contributed by atoms with Crippen molar-refractivity contribution in [1.82, 2.24) is 14.8 Å². The number of aromatic carboxylic acids is 1. The zero-order chi connectivity index (χ0) is 11.7. The molecule has 0 fully saturated rings. The summed E-state index contributed by atoms with van der Waals surface area (Å²) in [7, 11) is 0. The minimum atomic E-state index is -1.00. The average Bonchev–Trinajstić information content (AvgIpc) is 2.71. The molecule has 0 aliphatic carbocycles. The van der Waals surface area contributed by atoms with Gasteiger partial charge in [0.05, 0.1) is 16.2 Å². The maximum absolute atomic E-state index is 10.7. The Balaban J connectivity index is 2.50. The van der Waals surface area contributed by atoms with Gasteiger partial charge in [-0.05, 0) is 34.5 Å². The van der Waals surface area contributed by atoms with Crippen molar-refractivity contribution in [2.24, 2.45) is 0 Å². The molecule has 16 heavy (non-hydrogen) atoms. The Morgan fingerprint density at radius 2 is 2.31 bits per heavy atom. The van der Waals surface area contributed by atoms with Gasteiger partial charge in [-0.15, -0.1) is 0 Å². The first-order valence-corrected chi connectivity index (χ1v) is 5.28. The third-order valence-corrected chi connectivity index (χ3v) is 3.09. The highest BCUT2D eigenvalue weighted by Crippen LogP contribution is 2.21. The molecule has 0 atom stereocenters. The molecule has 0 spiro atoms. The van der Waals surface area contributed by atoms with E-state index in [4.69, 9.17) is 5.11 Å². The predicted octanol–water partition coefficient (Wildman–Crippen LogP) is 2.04. The van der Waals surface area contributed by atoms with Crippen LogP contribution in [0.4, 0.5) is 0 Å². The zero-order valence-corrected chi connectivity index (χ0v) is 9.97. The van der Waals surface area contributed by atoms with Crippen LogP contribution in [0, 0.1) is 6.92 Å². The maximum Gasteiger partial charge on any atom is 0.338 e. The van der Waals surface area contributed by atoms with E-state index in [0.29, 0.717) is 5.82 Å². The standard InChI is InChI=1S/C10H8BrN3O2/c1-6-2-3-12-9(8(6)11)14-5-7(4-13-14)10(15)16/h2-5H,1H3,(H,15,16). The molecule has 2 aromatic rings. The van der Waals surface area contributed by atoms with Crippen molar-refractivity contribution in [1.29, 1.82) is 0 Å². The van der Waals surface area contributed by atoms with Crippen LogP contribution in [0.15, 0.2) is 29.1 Å². The van der Waals surface area contributed by atoms with E-state index in [1.54, 1.807) is 6.20 Å². The van der Waals surface area contributed by atoms with Gasteiger partial charge >= 0.3 is 5.97 Å². The fourth-order valence-corrected chi connectivity index (χ4v) is 1.65. The number of carboxylic acids is 1. The second-order valence-electron chi connectivity index (χ2n) is 3.24. The highest BCUT2D eigenvalue weighted by atomic mass is 79.9. The highest BCUT2D eigenvalue weighted by Gasteiger charge is 2.11. The van der Waals surface area contributed by atoms with Gasteiger partial charge in [-0.25, -0.2) is 14.5 Å². The lowest BCUT2D eigenvalue weighted by Gasteiger charge is -2.04. The van der Waals surface area contributed by atoms with Gasteiger partial charge in [-0.1, -0.05) is 0 Å². The molecule has 0 bridgehead atoms. The van der Waals surface area contributed by atoms with Crippen molar-refractivity contribution in [2.75, 3.05) is 0 Å². The van der Waals surface area contributed by atoms with Crippen molar-refractivity contribution in [3.8, 4) is 5.82 Å². The van der Waals surface area contributed by atoms with Crippen LogP contribution in [0.1, 0.15) is 15.9 Å². The lowest BCUT2D eigenvalue weighted by Crippen LogP contribution is -2.00. The topological polar surface area (TPSA) is 68.0 Å². The van der Waals surface area contributed by atoms with Crippen LogP contribution in [0.25, 0.3) is 5.82 Å². The number of pyridine rings is 1. The molecule has 82 valence electrons. The fraction of sp³-hybridized carbons (Fsp3) is 0.100. The molecule has 2 rings (SSSR count). The number of halogens is 1. The third kappa shape index (κ3) is 1.83. The molecule has 1 N–H and O–H groups in total. The third-order valence-electron chi connectivity index (χ3n) is 2.11. The Kier molecular flexibility index (Phi) is 2.74. The van der Waals surface area contributed by atoms with E-state index in [9.17, 15) is 4.79 Å². The van der Waals surface area contributed by atoms with Gasteiger partial charge in [0, 0.05) is 12.4 Å². The van der Waals surface area contributed by atoms with Crippen molar-refractivity contribution >= 4 is 21.9 Å². The van der Waals surface area contributed by atoms with E-state index in [2.05, 4.69) is 26.0 Å². The van der Waals surface area contributed by atoms with Crippen LogP contribution >= 0.6 is 15.9 Å². The lowest BCUT2D eigenvalue weighted by atomic mass is 10.3. The molecule has 0 aliphatic heterocycles. The number of aromatic nitrogens is 3. The largest absolute Gasteiger partial charge is 0.478 e. The summed E-state index contributed by atoms with van der Waals surface area (Å²) < 4.78 is 2.23. The Hall–Kier alpha value is -1.69. The molecule has 5 nitrogen and oxygen atoms in total. The number of aryl methyl sites for hydroxylation is 1. The average molecular weight is 282 g/mol. The minimum Gasteiger partial charge on any atom is -0.478 e. The molecule has 0 amide bonds. The van der Waals surface area contributed by atoms with Crippen LogP contribution in [-0.2, 0) is 0 Å². The summed E-state index contributed by atoms with van der Waals surface area (Å²) in [5.41, 5.74) is 1.15. The van der Waals surface area contributed by atoms with Crippen LogP contribution in [0.5, 0.6) is 0 Å². The summed E-state index contributed by atoms with van der Waals surface area (Å²) >= 11 is 3.39. The van der Waals surface area contributed by atoms with E-state index >= 15 is 0 Å². The SMILES string of the molecule is Cc1ccnc(-n2cc(C(=O)O)cn2)c1Br. The molecule has 0 radical (unpaired) electrons. The molecule has 0 saturated carbocycles. The fourth-order valence-electron chi connectivity index (χ4n) is 1.23. The van der Waals surface area contributed by atoms with Gasteiger partial charge < -0.3 is 5.11 Å². The Morgan fingerprint density at radius 3 is 2.94 bits per heavy atom. The molecule has 2 aromatic heterocycles. The summed E-state index contributed by atoms with van der Waals surface area (Å²) in [6.45, 7) is 1.93.